The van der Waals surface area contributed by atoms with Gasteiger partial charge >= 0.3 is 5.97 Å². The number of ketones is 2. The summed E-state index contributed by atoms with van der Waals surface area (Å²) in [5.41, 5.74) is 2.84. The Kier molecular flexibility index (Phi) is 5.15. The molecule has 0 spiro atoms. The van der Waals surface area contributed by atoms with Gasteiger partial charge in [-0.2, -0.15) is 0 Å². The molecule has 3 aromatic carbocycles. The number of Topliss-reactive ketones (excluding diaryl/α,β-unsaturated/α-hetero) is 2. The summed E-state index contributed by atoms with van der Waals surface area (Å²) in [6.07, 6.45) is 0.803. The highest BCUT2D eigenvalue weighted by Crippen LogP contribution is 2.41. The van der Waals surface area contributed by atoms with E-state index in [0.29, 0.717) is 17.9 Å². The summed E-state index contributed by atoms with van der Waals surface area (Å²) in [6.45, 7) is 0.540. The van der Waals surface area contributed by atoms with E-state index in [4.69, 9.17) is 9.47 Å². The van der Waals surface area contributed by atoms with Crippen LogP contribution < -0.4 is 4.74 Å². The number of esters is 1. The van der Waals surface area contributed by atoms with E-state index in [1.807, 2.05) is 42.5 Å². The van der Waals surface area contributed by atoms with Gasteiger partial charge in [0.25, 0.3) is 0 Å². The number of hydrogen-bond acceptors (Lipinski definition) is 5. The minimum atomic E-state index is -0.533. The third kappa shape index (κ3) is 3.62. The molecule has 0 amide bonds. The van der Waals surface area contributed by atoms with Gasteiger partial charge in [0, 0.05) is 23.5 Å². The van der Waals surface area contributed by atoms with Gasteiger partial charge in [0.2, 0.25) is 5.78 Å². The molecule has 5 rings (SSSR count). The lowest BCUT2D eigenvalue weighted by atomic mass is 9.77. The Balaban J connectivity index is 1.38. The molecular weight excluding hydrogens is 404 g/mol. The number of carbonyl (C=O) groups excluding carboxylic acids is 3. The predicted molar refractivity (Wildman–Crippen MR) is 118 cm³/mol. The van der Waals surface area contributed by atoms with Crippen LogP contribution in [-0.2, 0) is 16.0 Å². The number of rotatable bonds is 5. The maximum Gasteiger partial charge on any atom is 0.312 e. The molecule has 1 aliphatic carbocycles. The summed E-state index contributed by atoms with van der Waals surface area (Å²) < 4.78 is 11.1. The fourth-order valence-electron chi connectivity index (χ4n) is 4.23. The highest BCUT2D eigenvalue weighted by Gasteiger charge is 2.42. The van der Waals surface area contributed by atoms with Crippen LogP contribution in [0.25, 0.3) is 0 Å². The standard InChI is InChI=1S/C27H20O5/c28-23-16-22(24-25(29)20-8-4-5-9-21(20)26(30)27(24)32-23)18-10-12-19(13-11-18)31-15-14-17-6-2-1-3-7-17/h1-13,22H,14-16H2/t22-/m1/s1. The van der Waals surface area contributed by atoms with Crippen LogP contribution in [0, 0.1) is 0 Å². The van der Waals surface area contributed by atoms with Crippen LogP contribution in [0.1, 0.15) is 44.2 Å². The second kappa shape index (κ2) is 8.27. The van der Waals surface area contributed by atoms with Crippen LogP contribution in [0.5, 0.6) is 5.75 Å². The van der Waals surface area contributed by atoms with Gasteiger partial charge in [-0.15, -0.1) is 0 Å². The molecule has 2 aliphatic rings. The van der Waals surface area contributed by atoms with Crippen LogP contribution in [0.4, 0.5) is 0 Å². The Morgan fingerprint density at radius 3 is 2.16 bits per heavy atom. The van der Waals surface area contributed by atoms with Crippen LogP contribution in [0.15, 0.2) is 90.2 Å². The van der Waals surface area contributed by atoms with Crippen LogP contribution >= 0.6 is 0 Å². The molecule has 0 bridgehead atoms. The summed E-state index contributed by atoms with van der Waals surface area (Å²) in [6, 6.07) is 24.0. The molecule has 158 valence electrons. The number of fused-ring (bicyclic) bond motifs is 1. The van der Waals surface area contributed by atoms with Crippen molar-refractivity contribution in [3.63, 3.8) is 0 Å². The van der Waals surface area contributed by atoms with E-state index in [9.17, 15) is 14.4 Å². The lowest BCUT2D eigenvalue weighted by Gasteiger charge is -2.30. The SMILES string of the molecule is O=C1C[C@H](c2ccc(OCCc3ccccc3)cc2)C2=C(O1)C(=O)c1ccccc1C2=O. The first-order chi connectivity index (χ1) is 15.6. The molecule has 3 aromatic rings. The smallest absolute Gasteiger partial charge is 0.312 e. The van der Waals surface area contributed by atoms with Crippen molar-refractivity contribution in [2.24, 2.45) is 0 Å². The van der Waals surface area contributed by atoms with Crippen LogP contribution in [0.3, 0.4) is 0 Å². The number of carbonyl (C=O) groups is 3. The number of hydrogen-bond donors (Lipinski definition) is 0. The monoisotopic (exact) mass is 424 g/mol. The zero-order chi connectivity index (χ0) is 22.1. The zero-order valence-corrected chi connectivity index (χ0v) is 17.2. The highest BCUT2D eigenvalue weighted by atomic mass is 16.5. The molecule has 1 heterocycles. The topological polar surface area (TPSA) is 69.7 Å². The van der Waals surface area contributed by atoms with Crippen molar-refractivity contribution < 1.29 is 23.9 Å². The first kappa shape index (κ1) is 19.9. The lowest BCUT2D eigenvalue weighted by Crippen LogP contribution is -2.32. The lowest BCUT2D eigenvalue weighted by molar-refractivity contribution is -0.140. The van der Waals surface area contributed by atoms with Crippen molar-refractivity contribution in [1.29, 1.82) is 0 Å². The minimum absolute atomic E-state index is 0.00817. The molecule has 0 fully saturated rings. The summed E-state index contributed by atoms with van der Waals surface area (Å²) in [4.78, 5) is 38.4. The van der Waals surface area contributed by atoms with Crippen molar-refractivity contribution in [1.82, 2.24) is 0 Å². The molecule has 32 heavy (non-hydrogen) atoms. The Bertz CT molecular complexity index is 1240. The van der Waals surface area contributed by atoms with E-state index in [2.05, 4.69) is 12.1 Å². The van der Waals surface area contributed by atoms with Crippen LogP contribution in [0.2, 0.25) is 0 Å². The van der Waals surface area contributed by atoms with E-state index in [-0.39, 0.29) is 29.1 Å². The largest absolute Gasteiger partial charge is 0.493 e. The average Bonchev–Trinajstić information content (AvgIpc) is 2.83. The molecule has 1 aliphatic heterocycles. The second-order valence-electron chi connectivity index (χ2n) is 7.83. The maximum atomic E-state index is 13.2. The molecule has 5 nitrogen and oxygen atoms in total. The van der Waals surface area contributed by atoms with E-state index >= 15 is 0 Å². The molecule has 0 aromatic heterocycles. The van der Waals surface area contributed by atoms with Crippen molar-refractivity contribution in [3.05, 3.63) is 112 Å². The Labute approximate surface area is 185 Å². The summed E-state index contributed by atoms with van der Waals surface area (Å²) in [7, 11) is 0. The molecule has 0 radical (unpaired) electrons. The van der Waals surface area contributed by atoms with Gasteiger partial charge in [-0.1, -0.05) is 66.7 Å². The van der Waals surface area contributed by atoms with Gasteiger partial charge in [-0.05, 0) is 23.3 Å². The zero-order valence-electron chi connectivity index (χ0n) is 17.2. The predicted octanol–water partition coefficient (Wildman–Crippen LogP) is 4.67. The van der Waals surface area contributed by atoms with Gasteiger partial charge < -0.3 is 9.47 Å². The second-order valence-corrected chi connectivity index (χ2v) is 7.83. The third-order valence-electron chi connectivity index (χ3n) is 5.83. The van der Waals surface area contributed by atoms with E-state index in [1.165, 1.54) is 5.56 Å². The Morgan fingerprint density at radius 1 is 0.781 bits per heavy atom. The molecule has 1 atom stereocenters. The molecule has 0 saturated carbocycles. The minimum Gasteiger partial charge on any atom is -0.493 e. The van der Waals surface area contributed by atoms with Gasteiger partial charge in [-0.3, -0.25) is 14.4 Å². The number of benzene rings is 3. The van der Waals surface area contributed by atoms with Crippen LogP contribution in [-0.4, -0.2) is 24.1 Å². The molecule has 5 heteroatoms. The van der Waals surface area contributed by atoms with Gasteiger partial charge in [0.15, 0.2) is 11.5 Å². The quantitative estimate of drug-likeness (QED) is 0.557. The molecule has 0 unspecified atom stereocenters. The average molecular weight is 424 g/mol. The Hall–Kier alpha value is -3.99. The summed E-state index contributed by atoms with van der Waals surface area (Å²) in [5, 5.41) is 0. The van der Waals surface area contributed by atoms with Crippen molar-refractivity contribution in [2.75, 3.05) is 6.61 Å². The van der Waals surface area contributed by atoms with E-state index in [1.54, 1.807) is 24.3 Å². The number of allylic oxidation sites excluding steroid dienone is 2. The van der Waals surface area contributed by atoms with Gasteiger partial charge in [0.1, 0.15) is 5.75 Å². The molecular formula is C27H20O5. The molecule has 0 N–H and O–H groups in total. The van der Waals surface area contributed by atoms with Gasteiger partial charge in [0.05, 0.1) is 18.6 Å². The van der Waals surface area contributed by atoms with E-state index < -0.39 is 17.7 Å². The van der Waals surface area contributed by atoms with Crippen molar-refractivity contribution in [2.45, 2.75) is 18.8 Å². The van der Waals surface area contributed by atoms with E-state index in [0.717, 1.165) is 12.0 Å². The van der Waals surface area contributed by atoms with Crippen molar-refractivity contribution in [3.8, 4) is 5.75 Å². The Morgan fingerprint density at radius 2 is 1.44 bits per heavy atom. The summed E-state index contributed by atoms with van der Waals surface area (Å²) in [5.74, 6) is -1.18. The number of ether oxygens (including phenoxy) is 2. The first-order valence-corrected chi connectivity index (χ1v) is 10.5. The van der Waals surface area contributed by atoms with Crippen molar-refractivity contribution >= 4 is 17.5 Å². The third-order valence-corrected chi connectivity index (χ3v) is 5.83. The molecule has 0 saturated heterocycles. The van der Waals surface area contributed by atoms with Gasteiger partial charge in [-0.25, -0.2) is 0 Å². The normalized spacial score (nSPS) is 17.5. The maximum absolute atomic E-state index is 13.2. The summed E-state index contributed by atoms with van der Waals surface area (Å²) >= 11 is 0. The fourth-order valence-corrected chi connectivity index (χ4v) is 4.23. The first-order valence-electron chi connectivity index (χ1n) is 10.5. The highest BCUT2D eigenvalue weighted by molar-refractivity contribution is 6.27. The fraction of sp³-hybridized carbons (Fsp3) is 0.148.